The summed E-state index contributed by atoms with van der Waals surface area (Å²) in [6.07, 6.45) is 0.741. The first-order chi connectivity index (χ1) is 8.10. The lowest BCUT2D eigenvalue weighted by molar-refractivity contribution is -0.143. The van der Waals surface area contributed by atoms with Crippen molar-refractivity contribution in [2.75, 3.05) is 41.0 Å². The highest BCUT2D eigenvalue weighted by molar-refractivity contribution is 5.75. The molecule has 0 rings (SSSR count). The molecule has 2 atom stereocenters. The van der Waals surface area contributed by atoms with E-state index in [9.17, 15) is 4.79 Å². The van der Waals surface area contributed by atoms with Crippen molar-refractivity contribution >= 4 is 5.97 Å². The van der Waals surface area contributed by atoms with Gasteiger partial charge in [-0.3, -0.25) is 9.69 Å². The molecule has 0 fully saturated rings. The van der Waals surface area contributed by atoms with Gasteiger partial charge in [-0.15, -0.1) is 0 Å². The molecule has 17 heavy (non-hydrogen) atoms. The number of likely N-dealkylation sites (N-methyl/N-ethyl adjacent to an activating group) is 2. The van der Waals surface area contributed by atoms with Crippen LogP contribution in [0.2, 0.25) is 0 Å². The predicted molar refractivity (Wildman–Crippen MR) is 68.1 cm³/mol. The molecule has 0 spiro atoms. The van der Waals surface area contributed by atoms with Crippen molar-refractivity contribution in [3.8, 4) is 0 Å². The number of hydrogen-bond donors (Lipinski definition) is 1. The summed E-state index contributed by atoms with van der Waals surface area (Å²) in [6.45, 7) is 6.73. The van der Waals surface area contributed by atoms with Gasteiger partial charge in [0, 0.05) is 19.7 Å². The van der Waals surface area contributed by atoms with Crippen LogP contribution in [0.25, 0.3) is 0 Å². The Morgan fingerprint density at radius 3 is 2.47 bits per heavy atom. The van der Waals surface area contributed by atoms with E-state index in [0.717, 1.165) is 19.5 Å². The minimum Gasteiger partial charge on any atom is -0.468 e. The lowest BCUT2D eigenvalue weighted by atomic mass is 10.2. The predicted octanol–water partition coefficient (Wildman–Crippen LogP) is 0.494. The Labute approximate surface area is 104 Å². The Hall–Kier alpha value is -0.650. The molecule has 0 aliphatic heterocycles. The second-order valence-corrected chi connectivity index (χ2v) is 4.09. The van der Waals surface area contributed by atoms with E-state index in [1.807, 2.05) is 0 Å². The largest absolute Gasteiger partial charge is 0.468 e. The second kappa shape index (κ2) is 9.39. The molecule has 1 N–H and O–H groups in total. The van der Waals surface area contributed by atoms with E-state index in [2.05, 4.69) is 24.1 Å². The van der Waals surface area contributed by atoms with E-state index in [1.165, 1.54) is 7.11 Å². The van der Waals surface area contributed by atoms with Crippen LogP contribution in [0.3, 0.4) is 0 Å². The first kappa shape index (κ1) is 16.4. The van der Waals surface area contributed by atoms with Crippen molar-refractivity contribution in [1.29, 1.82) is 0 Å². The van der Waals surface area contributed by atoms with Gasteiger partial charge in [0.1, 0.15) is 6.04 Å². The van der Waals surface area contributed by atoms with Crippen LogP contribution in [-0.4, -0.2) is 63.9 Å². The fraction of sp³-hybridized carbons (Fsp3) is 0.917. The van der Waals surface area contributed by atoms with E-state index in [4.69, 9.17) is 9.47 Å². The number of esters is 1. The standard InChI is InChI=1S/C12H26N2O3/c1-6-14(10(2)9-16-4)8-7-11(13-3)12(15)17-5/h10-11,13H,6-9H2,1-5H3. The molecule has 0 saturated heterocycles. The van der Waals surface area contributed by atoms with Crippen molar-refractivity contribution in [1.82, 2.24) is 10.2 Å². The van der Waals surface area contributed by atoms with Gasteiger partial charge in [-0.2, -0.15) is 0 Å². The Bertz CT molecular complexity index is 212. The highest BCUT2D eigenvalue weighted by Gasteiger charge is 2.19. The summed E-state index contributed by atoms with van der Waals surface area (Å²) in [6, 6.07) is 0.129. The van der Waals surface area contributed by atoms with Crippen LogP contribution in [0.1, 0.15) is 20.3 Å². The van der Waals surface area contributed by atoms with E-state index >= 15 is 0 Å². The van der Waals surface area contributed by atoms with Crippen molar-refractivity contribution in [2.24, 2.45) is 0 Å². The monoisotopic (exact) mass is 246 g/mol. The molecule has 0 aliphatic rings. The van der Waals surface area contributed by atoms with Crippen LogP contribution in [0, 0.1) is 0 Å². The number of nitrogens with one attached hydrogen (secondary N) is 1. The number of rotatable bonds is 9. The molecule has 2 unspecified atom stereocenters. The average molecular weight is 246 g/mol. The molecule has 0 saturated carbocycles. The molecular weight excluding hydrogens is 220 g/mol. The highest BCUT2D eigenvalue weighted by atomic mass is 16.5. The molecule has 0 bridgehead atoms. The number of nitrogens with zero attached hydrogens (tertiary/aromatic N) is 1. The van der Waals surface area contributed by atoms with Gasteiger partial charge in [-0.1, -0.05) is 6.92 Å². The minimum atomic E-state index is -0.233. The maximum atomic E-state index is 11.4. The zero-order chi connectivity index (χ0) is 13.3. The molecule has 0 radical (unpaired) electrons. The third-order valence-corrected chi connectivity index (χ3v) is 2.98. The zero-order valence-electron chi connectivity index (χ0n) is 11.7. The SMILES string of the molecule is CCN(CCC(NC)C(=O)OC)C(C)COC. The summed E-state index contributed by atoms with van der Waals surface area (Å²) >= 11 is 0. The number of carbonyl (C=O) groups is 1. The first-order valence-electron chi connectivity index (χ1n) is 6.08. The van der Waals surface area contributed by atoms with Gasteiger partial charge in [0.05, 0.1) is 13.7 Å². The number of ether oxygens (including phenoxy) is 2. The topological polar surface area (TPSA) is 50.8 Å². The van der Waals surface area contributed by atoms with E-state index in [1.54, 1.807) is 14.2 Å². The van der Waals surface area contributed by atoms with Crippen molar-refractivity contribution in [2.45, 2.75) is 32.4 Å². The van der Waals surface area contributed by atoms with Crippen molar-refractivity contribution in [3.05, 3.63) is 0 Å². The van der Waals surface area contributed by atoms with Gasteiger partial charge >= 0.3 is 5.97 Å². The molecule has 102 valence electrons. The van der Waals surface area contributed by atoms with Crippen LogP contribution < -0.4 is 5.32 Å². The zero-order valence-corrected chi connectivity index (χ0v) is 11.7. The Kier molecular flexibility index (Phi) is 9.03. The second-order valence-electron chi connectivity index (χ2n) is 4.09. The fourth-order valence-electron chi connectivity index (χ4n) is 1.85. The minimum absolute atomic E-state index is 0.206. The molecule has 5 nitrogen and oxygen atoms in total. The quantitative estimate of drug-likeness (QED) is 0.600. The smallest absolute Gasteiger partial charge is 0.322 e. The fourth-order valence-corrected chi connectivity index (χ4v) is 1.85. The van der Waals surface area contributed by atoms with Crippen LogP contribution in [0.5, 0.6) is 0 Å². The normalized spacial score (nSPS) is 14.7. The molecule has 0 heterocycles. The first-order valence-corrected chi connectivity index (χ1v) is 6.08. The van der Waals surface area contributed by atoms with Gasteiger partial charge < -0.3 is 14.8 Å². The molecule has 5 heteroatoms. The molecule has 0 aromatic heterocycles. The molecular formula is C12H26N2O3. The summed E-state index contributed by atoms with van der Waals surface area (Å²) in [5.74, 6) is -0.206. The van der Waals surface area contributed by atoms with E-state index in [-0.39, 0.29) is 12.0 Å². The summed E-state index contributed by atoms with van der Waals surface area (Å²) < 4.78 is 9.87. The lowest BCUT2D eigenvalue weighted by Crippen LogP contribution is -2.42. The van der Waals surface area contributed by atoms with Crippen LogP contribution in [-0.2, 0) is 14.3 Å². The number of methoxy groups -OCH3 is 2. The Balaban J connectivity index is 4.15. The summed E-state index contributed by atoms with van der Waals surface area (Å²) in [5.41, 5.74) is 0. The Morgan fingerprint density at radius 2 is 2.06 bits per heavy atom. The highest BCUT2D eigenvalue weighted by Crippen LogP contribution is 2.03. The van der Waals surface area contributed by atoms with E-state index < -0.39 is 0 Å². The van der Waals surface area contributed by atoms with Crippen LogP contribution in [0.4, 0.5) is 0 Å². The number of carbonyl (C=O) groups excluding carboxylic acids is 1. The maximum absolute atomic E-state index is 11.4. The lowest BCUT2D eigenvalue weighted by Gasteiger charge is -2.28. The average Bonchev–Trinajstić information content (AvgIpc) is 2.34. The van der Waals surface area contributed by atoms with Crippen molar-refractivity contribution < 1.29 is 14.3 Å². The summed E-state index contributed by atoms with van der Waals surface area (Å²) in [4.78, 5) is 13.7. The summed E-state index contributed by atoms with van der Waals surface area (Å²) in [7, 11) is 4.89. The van der Waals surface area contributed by atoms with Gasteiger partial charge in [-0.25, -0.2) is 0 Å². The van der Waals surface area contributed by atoms with Gasteiger partial charge in [0.15, 0.2) is 0 Å². The third kappa shape index (κ3) is 6.00. The Morgan fingerprint density at radius 1 is 1.41 bits per heavy atom. The van der Waals surface area contributed by atoms with Gasteiger partial charge in [-0.05, 0) is 26.9 Å². The van der Waals surface area contributed by atoms with E-state index in [0.29, 0.717) is 12.6 Å². The van der Waals surface area contributed by atoms with Crippen LogP contribution in [0.15, 0.2) is 0 Å². The van der Waals surface area contributed by atoms with Crippen molar-refractivity contribution in [3.63, 3.8) is 0 Å². The van der Waals surface area contributed by atoms with Gasteiger partial charge in [0.2, 0.25) is 0 Å². The molecule has 0 aliphatic carbocycles. The molecule has 0 amide bonds. The summed E-state index contributed by atoms with van der Waals surface area (Å²) in [5, 5.41) is 2.97. The molecule has 0 aromatic carbocycles. The molecule has 0 aromatic rings. The van der Waals surface area contributed by atoms with Gasteiger partial charge in [0.25, 0.3) is 0 Å². The maximum Gasteiger partial charge on any atom is 0.322 e. The number of hydrogen-bond acceptors (Lipinski definition) is 5. The van der Waals surface area contributed by atoms with Crippen LogP contribution >= 0.6 is 0 Å². The third-order valence-electron chi connectivity index (χ3n) is 2.98.